The summed E-state index contributed by atoms with van der Waals surface area (Å²) in [7, 11) is 0. The lowest BCUT2D eigenvalue weighted by molar-refractivity contribution is 0.0603. The first-order chi connectivity index (χ1) is 6.68. The molecule has 0 saturated heterocycles. The number of hydrogen-bond acceptors (Lipinski definition) is 5. The first kappa shape index (κ1) is 15.8. The monoisotopic (exact) mass is 208 g/mol. The van der Waals surface area contributed by atoms with Gasteiger partial charge in [0.15, 0.2) is 0 Å². The Morgan fingerprint density at radius 2 is 1.86 bits per heavy atom. The minimum absolute atomic E-state index is 0.0636. The van der Waals surface area contributed by atoms with Crippen LogP contribution in [-0.2, 0) is 9.47 Å². The lowest BCUT2D eigenvalue weighted by Gasteiger charge is -2.00. The van der Waals surface area contributed by atoms with Crippen LogP contribution in [0.15, 0.2) is 12.8 Å². The van der Waals surface area contributed by atoms with Crippen LogP contribution in [0.5, 0.6) is 0 Å². The van der Waals surface area contributed by atoms with Gasteiger partial charge in [0.1, 0.15) is 6.61 Å². The van der Waals surface area contributed by atoms with E-state index in [0.717, 1.165) is 0 Å². The van der Waals surface area contributed by atoms with Crippen LogP contribution in [-0.4, -0.2) is 54.5 Å². The van der Waals surface area contributed by atoms with Crippen LogP contribution in [0.3, 0.4) is 0 Å². The van der Waals surface area contributed by atoms with Crippen molar-refractivity contribution >= 4 is 0 Å². The maximum absolute atomic E-state index is 8.24. The average Bonchev–Trinajstić information content (AvgIpc) is 2.19. The number of aliphatic hydroxyl groups excluding tert-OH is 3. The van der Waals surface area contributed by atoms with Gasteiger partial charge in [-0.1, -0.05) is 6.58 Å². The van der Waals surface area contributed by atoms with Crippen LogP contribution in [0.4, 0.5) is 0 Å². The second-order valence-electron chi connectivity index (χ2n) is 2.41. The van der Waals surface area contributed by atoms with E-state index in [1.54, 1.807) is 0 Å². The molecule has 0 aliphatic rings. The Labute approximate surface area is 84.6 Å². The molecular formula is C9H20O5. The predicted octanol–water partition coefficient (Wildman–Crippen LogP) is -0.485. The van der Waals surface area contributed by atoms with Gasteiger partial charge in [-0.2, -0.15) is 0 Å². The molecule has 0 bridgehead atoms. The maximum atomic E-state index is 8.24. The summed E-state index contributed by atoms with van der Waals surface area (Å²) in [5, 5.41) is 24.2. The number of aliphatic hydroxyl groups is 3. The van der Waals surface area contributed by atoms with Gasteiger partial charge in [-0.3, -0.25) is 0 Å². The zero-order chi connectivity index (χ0) is 11.2. The molecule has 1 unspecified atom stereocenters. The molecule has 0 aliphatic carbocycles. The molecule has 0 spiro atoms. The van der Waals surface area contributed by atoms with E-state index in [4.69, 9.17) is 24.8 Å². The van der Waals surface area contributed by atoms with Crippen molar-refractivity contribution in [1.29, 1.82) is 0 Å². The van der Waals surface area contributed by atoms with Crippen LogP contribution in [0.1, 0.15) is 6.92 Å². The van der Waals surface area contributed by atoms with Crippen molar-refractivity contribution in [3.8, 4) is 0 Å². The Balaban J connectivity index is 0. The van der Waals surface area contributed by atoms with Crippen molar-refractivity contribution in [2.45, 2.75) is 13.0 Å². The topological polar surface area (TPSA) is 79.2 Å². The van der Waals surface area contributed by atoms with Crippen LogP contribution in [0.25, 0.3) is 0 Å². The third-order valence-corrected chi connectivity index (χ3v) is 0.963. The molecule has 0 aromatic carbocycles. The minimum Gasteiger partial charge on any atom is -0.499 e. The Morgan fingerprint density at radius 1 is 1.29 bits per heavy atom. The number of hydrogen-bond donors (Lipinski definition) is 3. The van der Waals surface area contributed by atoms with E-state index in [2.05, 4.69) is 6.58 Å². The van der Waals surface area contributed by atoms with Crippen molar-refractivity contribution in [3.05, 3.63) is 12.8 Å². The second-order valence-corrected chi connectivity index (χ2v) is 2.41. The largest absolute Gasteiger partial charge is 0.499 e. The lowest BCUT2D eigenvalue weighted by Crippen LogP contribution is -2.04. The van der Waals surface area contributed by atoms with Crippen LogP contribution >= 0.6 is 0 Å². The standard InChI is InChI=1S/C6H12O3.C3H8O2/c1-2-8-5-6-9-4-3-7;1-3(5)2-4/h2,7H,1,3-6H2;3-5H,2H2,1H3. The zero-order valence-electron chi connectivity index (χ0n) is 8.56. The van der Waals surface area contributed by atoms with E-state index in [-0.39, 0.29) is 13.2 Å². The Kier molecular flexibility index (Phi) is 16.8. The van der Waals surface area contributed by atoms with Gasteiger partial charge in [0, 0.05) is 0 Å². The number of rotatable bonds is 7. The van der Waals surface area contributed by atoms with E-state index >= 15 is 0 Å². The van der Waals surface area contributed by atoms with E-state index in [1.165, 1.54) is 13.2 Å². The van der Waals surface area contributed by atoms with Crippen LogP contribution in [0, 0.1) is 0 Å². The normalized spacial score (nSPS) is 11.1. The van der Waals surface area contributed by atoms with Gasteiger partial charge in [-0.25, -0.2) is 0 Å². The van der Waals surface area contributed by atoms with Crippen LogP contribution < -0.4 is 0 Å². The summed E-state index contributed by atoms with van der Waals surface area (Å²) in [6.07, 6.45) is 0.803. The molecule has 0 aromatic rings. The molecule has 0 rings (SSSR count). The molecule has 0 fully saturated rings. The van der Waals surface area contributed by atoms with Crippen molar-refractivity contribution in [1.82, 2.24) is 0 Å². The molecule has 1 atom stereocenters. The average molecular weight is 208 g/mol. The van der Waals surface area contributed by atoms with Crippen molar-refractivity contribution in [2.24, 2.45) is 0 Å². The lowest BCUT2D eigenvalue weighted by atomic mass is 10.5. The van der Waals surface area contributed by atoms with E-state index in [0.29, 0.717) is 19.8 Å². The summed E-state index contributed by atoms with van der Waals surface area (Å²) >= 11 is 0. The quantitative estimate of drug-likeness (QED) is 0.389. The molecule has 0 radical (unpaired) electrons. The molecular weight excluding hydrogens is 188 g/mol. The SMILES string of the molecule is C=COCCOCCO.CC(O)CO. The zero-order valence-corrected chi connectivity index (χ0v) is 8.56. The molecule has 0 amide bonds. The molecule has 0 heterocycles. The second kappa shape index (κ2) is 14.9. The highest BCUT2D eigenvalue weighted by Gasteiger charge is 1.83. The van der Waals surface area contributed by atoms with Gasteiger partial charge >= 0.3 is 0 Å². The van der Waals surface area contributed by atoms with Crippen molar-refractivity contribution in [2.75, 3.05) is 33.0 Å². The van der Waals surface area contributed by atoms with Gasteiger partial charge in [-0.05, 0) is 6.92 Å². The van der Waals surface area contributed by atoms with Crippen LogP contribution in [0.2, 0.25) is 0 Å². The Morgan fingerprint density at radius 3 is 2.21 bits per heavy atom. The van der Waals surface area contributed by atoms with E-state index in [1.807, 2.05) is 0 Å². The van der Waals surface area contributed by atoms with Gasteiger partial charge in [0.25, 0.3) is 0 Å². The fourth-order valence-corrected chi connectivity index (χ4v) is 0.357. The van der Waals surface area contributed by atoms with Gasteiger partial charge in [0.2, 0.25) is 0 Å². The summed E-state index contributed by atoms with van der Waals surface area (Å²) in [6, 6.07) is 0. The molecule has 14 heavy (non-hydrogen) atoms. The fourth-order valence-electron chi connectivity index (χ4n) is 0.357. The highest BCUT2D eigenvalue weighted by Crippen LogP contribution is 1.76. The maximum Gasteiger partial charge on any atom is 0.111 e. The Bertz CT molecular complexity index is 105. The number of ether oxygens (including phenoxy) is 2. The van der Waals surface area contributed by atoms with E-state index < -0.39 is 6.10 Å². The highest BCUT2D eigenvalue weighted by molar-refractivity contribution is 4.47. The summed E-state index contributed by atoms with van der Waals surface area (Å²) < 4.78 is 9.60. The summed E-state index contributed by atoms with van der Waals surface area (Å²) in [6.45, 7) is 6.19. The molecule has 5 heteroatoms. The molecule has 0 aromatic heterocycles. The minimum atomic E-state index is -0.560. The summed E-state index contributed by atoms with van der Waals surface area (Å²) in [5.74, 6) is 0. The first-order valence-corrected chi connectivity index (χ1v) is 4.39. The molecule has 0 aliphatic heterocycles. The third kappa shape index (κ3) is 22.5. The van der Waals surface area contributed by atoms with E-state index in [9.17, 15) is 0 Å². The smallest absolute Gasteiger partial charge is 0.111 e. The summed E-state index contributed by atoms with van der Waals surface area (Å²) in [4.78, 5) is 0. The molecule has 5 nitrogen and oxygen atoms in total. The molecule has 86 valence electrons. The molecule has 0 saturated carbocycles. The van der Waals surface area contributed by atoms with Gasteiger partial charge in [0.05, 0.1) is 38.8 Å². The summed E-state index contributed by atoms with van der Waals surface area (Å²) in [5.41, 5.74) is 0. The first-order valence-electron chi connectivity index (χ1n) is 4.39. The Hall–Kier alpha value is -0.620. The predicted molar refractivity (Wildman–Crippen MR) is 52.8 cm³/mol. The van der Waals surface area contributed by atoms with Crippen molar-refractivity contribution in [3.63, 3.8) is 0 Å². The highest BCUT2D eigenvalue weighted by atomic mass is 16.5. The van der Waals surface area contributed by atoms with Crippen molar-refractivity contribution < 1.29 is 24.8 Å². The van der Waals surface area contributed by atoms with Gasteiger partial charge < -0.3 is 24.8 Å². The third-order valence-electron chi connectivity index (χ3n) is 0.963. The molecule has 3 N–H and O–H groups in total. The van der Waals surface area contributed by atoms with Gasteiger partial charge in [-0.15, -0.1) is 0 Å². The fraction of sp³-hybridized carbons (Fsp3) is 0.778.